The number of benzene rings is 3. The maximum Gasteiger partial charge on any atom is 0.291 e. The third-order valence-electron chi connectivity index (χ3n) is 4.16. The molecule has 1 aromatic heterocycles. The van der Waals surface area contributed by atoms with Gasteiger partial charge in [0.1, 0.15) is 5.58 Å². The van der Waals surface area contributed by atoms with Crippen LogP contribution in [0.25, 0.3) is 11.0 Å². The van der Waals surface area contributed by atoms with E-state index in [0.717, 1.165) is 9.86 Å². The molecule has 2 N–H and O–H groups in total. The molecule has 138 valence electrons. The molecule has 2 amide bonds. The van der Waals surface area contributed by atoms with E-state index >= 15 is 0 Å². The Morgan fingerprint density at radius 3 is 2.00 bits per heavy atom. The van der Waals surface area contributed by atoms with Gasteiger partial charge in [0.15, 0.2) is 5.76 Å². The SMILES string of the molecule is O=C(Nc1ccc(NC(=O)c2cc3ccccc3o2)cc1)c1ccc(Br)cc1. The van der Waals surface area contributed by atoms with Crippen molar-refractivity contribution >= 4 is 50.1 Å². The molecule has 0 aliphatic carbocycles. The first-order valence-corrected chi connectivity index (χ1v) is 9.35. The normalized spacial score (nSPS) is 10.6. The second-order valence-electron chi connectivity index (χ2n) is 6.14. The average molecular weight is 435 g/mol. The topological polar surface area (TPSA) is 71.3 Å². The fourth-order valence-electron chi connectivity index (χ4n) is 2.73. The summed E-state index contributed by atoms with van der Waals surface area (Å²) in [6, 6.07) is 23.1. The molecular formula is C22H15BrN2O3. The second-order valence-corrected chi connectivity index (χ2v) is 7.06. The Morgan fingerprint density at radius 1 is 0.750 bits per heavy atom. The first-order valence-electron chi connectivity index (χ1n) is 8.55. The van der Waals surface area contributed by atoms with Crippen LogP contribution in [0, 0.1) is 0 Å². The zero-order chi connectivity index (χ0) is 19.5. The van der Waals surface area contributed by atoms with Crippen LogP contribution in [0.5, 0.6) is 0 Å². The number of anilines is 2. The van der Waals surface area contributed by atoms with Crippen LogP contribution in [0.2, 0.25) is 0 Å². The molecule has 5 nitrogen and oxygen atoms in total. The van der Waals surface area contributed by atoms with E-state index in [1.165, 1.54) is 0 Å². The van der Waals surface area contributed by atoms with Crippen molar-refractivity contribution in [2.75, 3.05) is 10.6 Å². The molecular weight excluding hydrogens is 420 g/mol. The number of para-hydroxylation sites is 1. The maximum absolute atomic E-state index is 12.4. The number of nitrogens with one attached hydrogen (secondary N) is 2. The van der Waals surface area contributed by atoms with E-state index < -0.39 is 0 Å². The number of rotatable bonds is 4. The molecule has 1 heterocycles. The van der Waals surface area contributed by atoms with Gasteiger partial charge in [0.2, 0.25) is 0 Å². The molecule has 0 saturated heterocycles. The van der Waals surface area contributed by atoms with Crippen molar-refractivity contribution in [3.05, 3.63) is 94.7 Å². The van der Waals surface area contributed by atoms with E-state index in [0.29, 0.717) is 22.5 Å². The lowest BCUT2D eigenvalue weighted by molar-refractivity contribution is 0.0996. The number of furan rings is 1. The van der Waals surface area contributed by atoms with Crippen LogP contribution in [0.1, 0.15) is 20.9 Å². The van der Waals surface area contributed by atoms with E-state index in [4.69, 9.17) is 4.42 Å². The van der Waals surface area contributed by atoms with Gasteiger partial charge in [-0.25, -0.2) is 0 Å². The van der Waals surface area contributed by atoms with Crippen molar-refractivity contribution in [2.45, 2.75) is 0 Å². The number of amides is 2. The molecule has 0 saturated carbocycles. The van der Waals surface area contributed by atoms with E-state index in [2.05, 4.69) is 26.6 Å². The first kappa shape index (κ1) is 18.0. The predicted molar refractivity (Wildman–Crippen MR) is 113 cm³/mol. The van der Waals surface area contributed by atoms with Gasteiger partial charge in [-0.2, -0.15) is 0 Å². The van der Waals surface area contributed by atoms with Gasteiger partial charge >= 0.3 is 0 Å². The molecule has 0 aliphatic heterocycles. The molecule has 0 atom stereocenters. The van der Waals surface area contributed by atoms with Gasteiger partial charge in [0.25, 0.3) is 11.8 Å². The minimum absolute atomic E-state index is 0.202. The van der Waals surface area contributed by atoms with Crippen molar-refractivity contribution in [3.63, 3.8) is 0 Å². The maximum atomic E-state index is 12.4. The summed E-state index contributed by atoms with van der Waals surface area (Å²) >= 11 is 3.34. The van der Waals surface area contributed by atoms with Gasteiger partial charge in [-0.1, -0.05) is 34.1 Å². The molecule has 0 spiro atoms. The van der Waals surface area contributed by atoms with Crippen LogP contribution in [0.3, 0.4) is 0 Å². The zero-order valence-electron chi connectivity index (χ0n) is 14.6. The average Bonchev–Trinajstić information content (AvgIpc) is 3.14. The number of carbonyl (C=O) groups is 2. The quantitative estimate of drug-likeness (QED) is 0.432. The summed E-state index contributed by atoms with van der Waals surface area (Å²) in [6.07, 6.45) is 0. The van der Waals surface area contributed by atoms with E-state index in [9.17, 15) is 9.59 Å². The molecule has 0 radical (unpaired) electrons. The summed E-state index contributed by atoms with van der Waals surface area (Å²) in [5.41, 5.74) is 2.46. The molecule has 0 bridgehead atoms. The van der Waals surface area contributed by atoms with Crippen LogP contribution in [-0.4, -0.2) is 11.8 Å². The standard InChI is InChI=1S/C22H15BrN2O3/c23-16-7-5-14(6-8-16)21(26)24-17-9-11-18(12-10-17)25-22(27)20-13-15-3-1-2-4-19(15)28-20/h1-13H,(H,24,26)(H,25,27). The van der Waals surface area contributed by atoms with Crippen LogP contribution >= 0.6 is 15.9 Å². The van der Waals surface area contributed by atoms with Gasteiger partial charge in [-0.15, -0.1) is 0 Å². The molecule has 4 aromatic rings. The third kappa shape index (κ3) is 3.97. The van der Waals surface area contributed by atoms with Gasteiger partial charge < -0.3 is 15.1 Å². The number of fused-ring (bicyclic) bond motifs is 1. The van der Waals surface area contributed by atoms with E-state index in [1.54, 1.807) is 42.5 Å². The Kier molecular flexibility index (Phi) is 4.95. The van der Waals surface area contributed by atoms with Gasteiger partial charge in [0.05, 0.1) is 0 Å². The fraction of sp³-hybridized carbons (Fsp3) is 0. The van der Waals surface area contributed by atoms with Gasteiger partial charge in [-0.05, 0) is 60.7 Å². The van der Waals surface area contributed by atoms with E-state index in [1.807, 2.05) is 36.4 Å². The molecule has 4 rings (SSSR count). The number of hydrogen-bond donors (Lipinski definition) is 2. The number of hydrogen-bond acceptors (Lipinski definition) is 3. The van der Waals surface area contributed by atoms with Crippen LogP contribution in [0.15, 0.2) is 87.8 Å². The highest BCUT2D eigenvalue weighted by Crippen LogP contribution is 2.21. The lowest BCUT2D eigenvalue weighted by atomic mass is 10.2. The van der Waals surface area contributed by atoms with Gasteiger partial charge in [0, 0.05) is 26.8 Å². The minimum atomic E-state index is -0.331. The largest absolute Gasteiger partial charge is 0.451 e. The predicted octanol–water partition coefficient (Wildman–Crippen LogP) is 5.70. The highest BCUT2D eigenvalue weighted by molar-refractivity contribution is 9.10. The molecule has 0 aliphatic rings. The zero-order valence-corrected chi connectivity index (χ0v) is 16.2. The lowest BCUT2D eigenvalue weighted by Crippen LogP contribution is -2.12. The molecule has 6 heteroatoms. The van der Waals surface area contributed by atoms with Crippen LogP contribution in [-0.2, 0) is 0 Å². The van der Waals surface area contributed by atoms with Crippen molar-refractivity contribution < 1.29 is 14.0 Å². The first-order chi connectivity index (χ1) is 13.6. The van der Waals surface area contributed by atoms with E-state index in [-0.39, 0.29) is 17.6 Å². The van der Waals surface area contributed by atoms with Crippen molar-refractivity contribution in [3.8, 4) is 0 Å². The Labute approximate surface area is 169 Å². The Balaban J connectivity index is 1.42. The summed E-state index contributed by atoms with van der Waals surface area (Å²) in [4.78, 5) is 24.6. The second kappa shape index (κ2) is 7.70. The van der Waals surface area contributed by atoms with Crippen LogP contribution < -0.4 is 10.6 Å². The summed E-state index contributed by atoms with van der Waals surface area (Å²) in [5.74, 6) is -0.289. The molecule has 28 heavy (non-hydrogen) atoms. The Hall–Kier alpha value is -3.38. The molecule has 0 fully saturated rings. The summed E-state index contributed by atoms with van der Waals surface area (Å²) in [6.45, 7) is 0. The third-order valence-corrected chi connectivity index (χ3v) is 4.69. The van der Waals surface area contributed by atoms with Gasteiger partial charge in [-0.3, -0.25) is 9.59 Å². The fourth-order valence-corrected chi connectivity index (χ4v) is 2.99. The number of carbonyl (C=O) groups excluding carboxylic acids is 2. The highest BCUT2D eigenvalue weighted by Gasteiger charge is 2.12. The van der Waals surface area contributed by atoms with Crippen molar-refractivity contribution in [2.24, 2.45) is 0 Å². The summed E-state index contributed by atoms with van der Waals surface area (Å²) in [5, 5.41) is 6.48. The van der Waals surface area contributed by atoms with Crippen LogP contribution in [0.4, 0.5) is 11.4 Å². The number of halogens is 1. The highest BCUT2D eigenvalue weighted by atomic mass is 79.9. The Bertz CT molecular complexity index is 1120. The minimum Gasteiger partial charge on any atom is -0.451 e. The smallest absolute Gasteiger partial charge is 0.291 e. The van der Waals surface area contributed by atoms with Crippen molar-refractivity contribution in [1.82, 2.24) is 0 Å². The molecule has 3 aromatic carbocycles. The molecule has 0 unspecified atom stereocenters. The van der Waals surface area contributed by atoms with Crippen molar-refractivity contribution in [1.29, 1.82) is 0 Å². The summed E-state index contributed by atoms with van der Waals surface area (Å²) in [7, 11) is 0. The summed E-state index contributed by atoms with van der Waals surface area (Å²) < 4.78 is 6.47. The monoisotopic (exact) mass is 434 g/mol. The lowest BCUT2D eigenvalue weighted by Gasteiger charge is -2.07. The Morgan fingerprint density at radius 2 is 1.36 bits per heavy atom.